The van der Waals surface area contributed by atoms with Crippen LogP contribution < -0.4 is 11.1 Å². The van der Waals surface area contributed by atoms with Crippen molar-refractivity contribution >= 4 is 23.5 Å². The Morgan fingerprint density at radius 1 is 1.50 bits per heavy atom. The predicted molar refractivity (Wildman–Crippen MR) is 69.4 cm³/mol. The van der Waals surface area contributed by atoms with Gasteiger partial charge in [0.1, 0.15) is 0 Å². The lowest BCUT2D eigenvalue weighted by Crippen LogP contribution is -2.42. The molecule has 1 aromatic rings. The second-order valence-electron chi connectivity index (χ2n) is 4.62. The number of hydrogen-bond donors (Lipinski definition) is 2. The number of carbonyl (C=O) groups is 2. The van der Waals surface area contributed by atoms with E-state index in [1.807, 2.05) is 0 Å². The zero-order valence-corrected chi connectivity index (χ0v) is 10.9. The van der Waals surface area contributed by atoms with Gasteiger partial charge in [-0.2, -0.15) is 0 Å². The summed E-state index contributed by atoms with van der Waals surface area (Å²) in [6, 6.07) is -0.228. The number of thiazole rings is 1. The number of hydrogen-bond acceptors (Lipinski definition) is 5. The van der Waals surface area contributed by atoms with Gasteiger partial charge in [-0.1, -0.05) is 0 Å². The summed E-state index contributed by atoms with van der Waals surface area (Å²) >= 11 is 1.33. The molecule has 1 unspecified atom stereocenters. The molecule has 18 heavy (non-hydrogen) atoms. The van der Waals surface area contributed by atoms with Gasteiger partial charge >= 0.3 is 0 Å². The minimum atomic E-state index is -0.465. The molecule has 0 saturated heterocycles. The normalized spacial score (nSPS) is 25.4. The summed E-state index contributed by atoms with van der Waals surface area (Å²) in [5, 5.41) is 5.06. The minimum absolute atomic E-state index is 0.0585. The van der Waals surface area contributed by atoms with Crippen molar-refractivity contribution in [2.75, 3.05) is 0 Å². The lowest BCUT2D eigenvalue weighted by atomic mass is 9.80. The number of ketones is 1. The average molecular weight is 267 g/mol. The predicted octanol–water partition coefficient (Wildman–Crippen LogP) is 0.958. The molecule has 0 spiro atoms. The summed E-state index contributed by atoms with van der Waals surface area (Å²) in [7, 11) is 0. The summed E-state index contributed by atoms with van der Waals surface area (Å²) in [6.45, 7) is 0. The maximum atomic E-state index is 12.1. The molecular weight excluding hydrogens is 250 g/mol. The second kappa shape index (κ2) is 6.06. The quantitative estimate of drug-likeness (QED) is 0.614. The van der Waals surface area contributed by atoms with E-state index in [2.05, 4.69) is 10.3 Å². The van der Waals surface area contributed by atoms with E-state index in [9.17, 15) is 9.59 Å². The Kier molecular flexibility index (Phi) is 4.43. The van der Waals surface area contributed by atoms with Gasteiger partial charge in [0.25, 0.3) is 0 Å². The molecule has 0 aromatic carbocycles. The first-order valence-corrected chi connectivity index (χ1v) is 6.99. The van der Waals surface area contributed by atoms with E-state index in [-0.39, 0.29) is 17.7 Å². The third kappa shape index (κ3) is 2.94. The highest BCUT2D eigenvalue weighted by Crippen LogP contribution is 2.27. The van der Waals surface area contributed by atoms with E-state index in [0.717, 1.165) is 32.1 Å². The summed E-state index contributed by atoms with van der Waals surface area (Å²) in [6.07, 6.45) is 5.90. The van der Waals surface area contributed by atoms with Crippen LogP contribution in [0.3, 0.4) is 0 Å². The lowest BCUT2D eigenvalue weighted by Gasteiger charge is -2.30. The highest BCUT2D eigenvalue weighted by Gasteiger charge is 2.30. The zero-order chi connectivity index (χ0) is 13.0. The fraction of sp³-hybridized carbons (Fsp3) is 0.583. The van der Waals surface area contributed by atoms with Gasteiger partial charge in [0.05, 0.1) is 6.04 Å². The maximum absolute atomic E-state index is 12.1. The van der Waals surface area contributed by atoms with Gasteiger partial charge in [-0.05, 0) is 31.6 Å². The van der Waals surface area contributed by atoms with Crippen LogP contribution in [0.4, 0.5) is 0 Å². The van der Waals surface area contributed by atoms with Gasteiger partial charge in [-0.25, -0.2) is 4.98 Å². The van der Waals surface area contributed by atoms with E-state index in [0.29, 0.717) is 5.01 Å². The number of nitrogens with zero attached hydrogens (tertiary/aromatic N) is 1. The molecule has 1 fully saturated rings. The SMILES string of the molecule is NC(C(=O)c1nccs1)C1CCC(NC=O)CC1. The van der Waals surface area contributed by atoms with Crippen LogP contribution in [0.5, 0.6) is 0 Å². The van der Waals surface area contributed by atoms with Crippen LogP contribution in [-0.4, -0.2) is 29.3 Å². The standard InChI is InChI=1S/C12H17N3O2S/c13-10(11(17)12-14-5-6-18-12)8-1-3-9(4-2-8)15-7-16/h5-10H,1-4,13H2,(H,15,16). The van der Waals surface area contributed by atoms with E-state index < -0.39 is 6.04 Å². The Labute approximate surface area is 110 Å². The molecule has 5 nitrogen and oxygen atoms in total. The molecule has 6 heteroatoms. The highest BCUT2D eigenvalue weighted by molar-refractivity contribution is 7.11. The van der Waals surface area contributed by atoms with Crippen molar-refractivity contribution in [3.8, 4) is 0 Å². The van der Waals surface area contributed by atoms with Gasteiger partial charge in [-0.3, -0.25) is 9.59 Å². The van der Waals surface area contributed by atoms with Crippen LogP contribution in [0.15, 0.2) is 11.6 Å². The van der Waals surface area contributed by atoms with Crippen molar-refractivity contribution in [2.45, 2.75) is 37.8 Å². The van der Waals surface area contributed by atoms with E-state index in [1.165, 1.54) is 11.3 Å². The third-order valence-corrected chi connectivity index (χ3v) is 4.32. The smallest absolute Gasteiger partial charge is 0.208 e. The Morgan fingerprint density at radius 2 is 2.22 bits per heavy atom. The van der Waals surface area contributed by atoms with Crippen LogP contribution in [-0.2, 0) is 4.79 Å². The first-order valence-electron chi connectivity index (χ1n) is 6.11. The molecule has 1 aliphatic carbocycles. The molecule has 0 aliphatic heterocycles. The number of rotatable bonds is 5. The fourth-order valence-electron chi connectivity index (χ4n) is 2.44. The average Bonchev–Trinajstić information content (AvgIpc) is 2.92. The van der Waals surface area contributed by atoms with E-state index in [1.54, 1.807) is 11.6 Å². The van der Waals surface area contributed by atoms with Gasteiger partial charge in [0.2, 0.25) is 12.2 Å². The molecule has 0 bridgehead atoms. The van der Waals surface area contributed by atoms with E-state index >= 15 is 0 Å². The second-order valence-corrected chi connectivity index (χ2v) is 5.52. The van der Waals surface area contributed by atoms with Crippen molar-refractivity contribution in [3.63, 3.8) is 0 Å². The number of nitrogens with two attached hydrogens (primary N) is 1. The van der Waals surface area contributed by atoms with Crippen molar-refractivity contribution in [1.29, 1.82) is 0 Å². The van der Waals surface area contributed by atoms with Crippen molar-refractivity contribution in [2.24, 2.45) is 11.7 Å². The largest absolute Gasteiger partial charge is 0.356 e. The molecule has 1 saturated carbocycles. The number of nitrogens with one attached hydrogen (secondary N) is 1. The van der Waals surface area contributed by atoms with Crippen LogP contribution in [0.2, 0.25) is 0 Å². The molecule has 98 valence electrons. The molecule has 3 N–H and O–H groups in total. The Bertz CT molecular complexity index is 399. The van der Waals surface area contributed by atoms with Crippen LogP contribution >= 0.6 is 11.3 Å². The molecule has 0 radical (unpaired) electrons. The fourth-order valence-corrected chi connectivity index (χ4v) is 3.07. The third-order valence-electron chi connectivity index (χ3n) is 3.53. The molecule has 1 atom stereocenters. The van der Waals surface area contributed by atoms with Gasteiger partial charge < -0.3 is 11.1 Å². The summed E-state index contributed by atoms with van der Waals surface area (Å²) in [5.74, 6) is 0.142. The Balaban J connectivity index is 1.89. The van der Waals surface area contributed by atoms with Crippen LogP contribution in [0.1, 0.15) is 35.5 Å². The number of aromatic nitrogens is 1. The summed E-state index contributed by atoms with van der Waals surface area (Å²) < 4.78 is 0. The highest BCUT2D eigenvalue weighted by atomic mass is 32.1. The summed E-state index contributed by atoms with van der Waals surface area (Å²) in [4.78, 5) is 26.4. The zero-order valence-electron chi connectivity index (χ0n) is 10.0. The Hall–Kier alpha value is -1.27. The molecule has 1 amide bonds. The van der Waals surface area contributed by atoms with Crippen LogP contribution in [0, 0.1) is 5.92 Å². The summed E-state index contributed by atoms with van der Waals surface area (Å²) in [5.41, 5.74) is 6.03. The van der Waals surface area contributed by atoms with Gasteiger partial charge in [-0.15, -0.1) is 11.3 Å². The number of amides is 1. The van der Waals surface area contributed by atoms with Crippen molar-refractivity contribution in [3.05, 3.63) is 16.6 Å². The monoisotopic (exact) mass is 267 g/mol. The van der Waals surface area contributed by atoms with Gasteiger partial charge in [0.15, 0.2) is 5.01 Å². The van der Waals surface area contributed by atoms with Crippen molar-refractivity contribution < 1.29 is 9.59 Å². The molecule has 1 heterocycles. The van der Waals surface area contributed by atoms with E-state index in [4.69, 9.17) is 5.73 Å². The molecule has 1 aromatic heterocycles. The van der Waals surface area contributed by atoms with Gasteiger partial charge in [0, 0.05) is 17.6 Å². The number of carbonyl (C=O) groups excluding carboxylic acids is 2. The first kappa shape index (κ1) is 13.2. The molecular formula is C12H17N3O2S. The molecule has 1 aliphatic rings. The van der Waals surface area contributed by atoms with Crippen LogP contribution in [0.25, 0.3) is 0 Å². The van der Waals surface area contributed by atoms with Crippen molar-refractivity contribution in [1.82, 2.24) is 10.3 Å². The lowest BCUT2D eigenvalue weighted by molar-refractivity contribution is -0.110. The topological polar surface area (TPSA) is 85.1 Å². The first-order chi connectivity index (χ1) is 8.72. The Morgan fingerprint density at radius 3 is 2.78 bits per heavy atom. The number of Topliss-reactive ketones (excluding diaryl/α,β-unsaturated/α-hetero) is 1. The minimum Gasteiger partial charge on any atom is -0.356 e. The molecule has 2 rings (SSSR count). The maximum Gasteiger partial charge on any atom is 0.208 e.